The summed E-state index contributed by atoms with van der Waals surface area (Å²) in [6, 6.07) is 15.9. The van der Waals surface area contributed by atoms with Gasteiger partial charge in [0.2, 0.25) is 5.91 Å². The first-order chi connectivity index (χ1) is 13.2. The van der Waals surface area contributed by atoms with Crippen LogP contribution in [-0.4, -0.2) is 29.0 Å². The molecule has 0 saturated carbocycles. The summed E-state index contributed by atoms with van der Waals surface area (Å²) in [4.78, 5) is 11.9. The molecule has 1 aromatic heterocycles. The van der Waals surface area contributed by atoms with Crippen LogP contribution < -0.4 is 14.8 Å². The minimum Gasteiger partial charge on any atom is -0.493 e. The Balaban J connectivity index is 1.63. The number of anilines is 1. The third-order valence-corrected chi connectivity index (χ3v) is 5.61. The largest absolute Gasteiger partial charge is 0.493 e. The molecule has 0 unspecified atom stereocenters. The van der Waals surface area contributed by atoms with E-state index in [9.17, 15) is 4.79 Å². The van der Waals surface area contributed by atoms with E-state index in [-0.39, 0.29) is 11.2 Å². The van der Waals surface area contributed by atoms with Gasteiger partial charge in [0.25, 0.3) is 0 Å². The Kier molecular flexibility index (Phi) is 5.02. The highest BCUT2D eigenvalue weighted by atomic mass is 32.2. The molecular formula is C20H19N3O3S. The second kappa shape index (κ2) is 7.75. The fourth-order valence-electron chi connectivity index (χ4n) is 3.00. The van der Waals surface area contributed by atoms with Gasteiger partial charge in [-0.3, -0.25) is 9.89 Å². The van der Waals surface area contributed by atoms with Crippen LogP contribution in [0.25, 0.3) is 0 Å². The number of hydrogen-bond donors (Lipinski definition) is 2. The molecule has 0 spiro atoms. The monoisotopic (exact) mass is 381 g/mol. The SMILES string of the molecule is COc1ccc([C@@H]2SCC(=O)Nc3[nH]ncc32)cc1OCc1ccccc1. The first kappa shape index (κ1) is 17.5. The standard InChI is InChI=1S/C20H19N3O3S/c1-25-16-8-7-14(9-17(16)26-11-13-5-3-2-4-6-13)19-15-10-21-23-20(15)22-18(24)12-27-19/h2-10,19H,11-12H2,1H3,(H2,21,22,23,24)/t19-/m0/s1. The number of thioether (sulfide) groups is 1. The molecule has 0 bridgehead atoms. The van der Waals surface area contributed by atoms with E-state index in [0.717, 1.165) is 16.7 Å². The highest BCUT2D eigenvalue weighted by Gasteiger charge is 2.26. The number of methoxy groups -OCH3 is 1. The molecule has 3 aromatic rings. The molecule has 1 aliphatic rings. The van der Waals surface area contributed by atoms with Gasteiger partial charge >= 0.3 is 0 Å². The van der Waals surface area contributed by atoms with E-state index in [0.29, 0.717) is 29.7 Å². The van der Waals surface area contributed by atoms with Crippen LogP contribution in [0.2, 0.25) is 0 Å². The molecule has 0 radical (unpaired) electrons. The summed E-state index contributed by atoms with van der Waals surface area (Å²) in [6.45, 7) is 0.454. The molecule has 0 saturated heterocycles. The Labute approximate surface area is 161 Å². The second-order valence-corrected chi connectivity index (χ2v) is 7.22. The van der Waals surface area contributed by atoms with Gasteiger partial charge in [-0.15, -0.1) is 11.8 Å². The number of ether oxygens (including phenoxy) is 2. The van der Waals surface area contributed by atoms with Gasteiger partial charge in [0.15, 0.2) is 11.5 Å². The van der Waals surface area contributed by atoms with Gasteiger partial charge in [0.05, 0.1) is 24.3 Å². The zero-order chi connectivity index (χ0) is 18.6. The number of aromatic amines is 1. The summed E-state index contributed by atoms with van der Waals surface area (Å²) in [7, 11) is 1.63. The average Bonchev–Trinajstić information content (AvgIpc) is 3.09. The molecule has 1 amide bonds. The summed E-state index contributed by atoms with van der Waals surface area (Å²) < 4.78 is 11.5. The van der Waals surface area contributed by atoms with Gasteiger partial charge in [0.1, 0.15) is 12.4 Å². The maximum atomic E-state index is 11.9. The predicted molar refractivity (Wildman–Crippen MR) is 105 cm³/mol. The third-order valence-electron chi connectivity index (χ3n) is 4.32. The number of fused-ring (bicyclic) bond motifs is 1. The van der Waals surface area contributed by atoms with Gasteiger partial charge in [-0.2, -0.15) is 5.10 Å². The molecule has 1 atom stereocenters. The summed E-state index contributed by atoms with van der Waals surface area (Å²) in [6.07, 6.45) is 1.76. The van der Waals surface area contributed by atoms with E-state index in [1.807, 2.05) is 48.5 Å². The molecule has 2 heterocycles. The number of rotatable bonds is 5. The van der Waals surface area contributed by atoms with E-state index in [4.69, 9.17) is 9.47 Å². The number of nitrogens with one attached hydrogen (secondary N) is 2. The summed E-state index contributed by atoms with van der Waals surface area (Å²) >= 11 is 1.56. The molecule has 2 N–H and O–H groups in total. The summed E-state index contributed by atoms with van der Waals surface area (Å²) in [5, 5.41) is 9.77. The van der Waals surface area contributed by atoms with Crippen LogP contribution in [0.15, 0.2) is 54.7 Å². The molecule has 138 valence electrons. The lowest BCUT2D eigenvalue weighted by atomic mass is 10.1. The normalized spacial score (nSPS) is 16.2. The quantitative estimate of drug-likeness (QED) is 0.704. The number of H-pyrrole nitrogens is 1. The number of benzene rings is 2. The van der Waals surface area contributed by atoms with Crippen molar-refractivity contribution in [2.24, 2.45) is 0 Å². The minimum absolute atomic E-state index is 0.0253. The predicted octanol–water partition coefficient (Wildman–Crippen LogP) is 3.77. The van der Waals surface area contributed by atoms with Crippen molar-refractivity contribution in [3.8, 4) is 11.5 Å². The van der Waals surface area contributed by atoms with Crippen LogP contribution >= 0.6 is 11.8 Å². The van der Waals surface area contributed by atoms with Crippen LogP contribution in [0.1, 0.15) is 21.9 Å². The van der Waals surface area contributed by atoms with E-state index >= 15 is 0 Å². The van der Waals surface area contributed by atoms with Gasteiger partial charge in [-0.25, -0.2) is 0 Å². The van der Waals surface area contributed by atoms with E-state index in [1.54, 1.807) is 25.1 Å². The van der Waals surface area contributed by atoms with Crippen LogP contribution in [0.4, 0.5) is 5.82 Å². The molecule has 0 fully saturated rings. The van der Waals surface area contributed by atoms with Crippen LogP contribution in [0.5, 0.6) is 11.5 Å². The highest BCUT2D eigenvalue weighted by molar-refractivity contribution is 8.00. The van der Waals surface area contributed by atoms with Crippen molar-refractivity contribution >= 4 is 23.5 Å². The smallest absolute Gasteiger partial charge is 0.235 e. The zero-order valence-corrected chi connectivity index (χ0v) is 15.6. The fourth-order valence-corrected chi connectivity index (χ4v) is 4.09. The maximum Gasteiger partial charge on any atom is 0.235 e. The van der Waals surface area contributed by atoms with Crippen LogP contribution in [0.3, 0.4) is 0 Å². The van der Waals surface area contributed by atoms with E-state index in [1.165, 1.54) is 0 Å². The van der Waals surface area contributed by atoms with E-state index in [2.05, 4.69) is 15.5 Å². The number of carbonyl (C=O) groups excluding carboxylic acids is 1. The Bertz CT molecular complexity index is 943. The zero-order valence-electron chi connectivity index (χ0n) is 14.8. The van der Waals surface area contributed by atoms with Crippen molar-refractivity contribution in [2.75, 3.05) is 18.2 Å². The Morgan fingerprint density at radius 3 is 2.85 bits per heavy atom. The molecule has 7 heteroatoms. The maximum absolute atomic E-state index is 11.9. The number of carbonyl (C=O) groups is 1. The lowest BCUT2D eigenvalue weighted by Crippen LogP contribution is -2.12. The van der Waals surface area contributed by atoms with Crippen molar-refractivity contribution in [1.82, 2.24) is 10.2 Å². The number of hydrogen-bond acceptors (Lipinski definition) is 5. The summed E-state index contributed by atoms with van der Waals surface area (Å²) in [5.41, 5.74) is 3.06. The first-order valence-corrected chi connectivity index (χ1v) is 9.59. The van der Waals surface area contributed by atoms with Crippen molar-refractivity contribution in [3.63, 3.8) is 0 Å². The third kappa shape index (κ3) is 3.78. The topological polar surface area (TPSA) is 76.2 Å². The molecule has 6 nitrogen and oxygen atoms in total. The van der Waals surface area contributed by atoms with Crippen molar-refractivity contribution in [2.45, 2.75) is 11.9 Å². The second-order valence-electron chi connectivity index (χ2n) is 6.12. The lowest BCUT2D eigenvalue weighted by molar-refractivity contribution is -0.113. The van der Waals surface area contributed by atoms with Crippen molar-refractivity contribution in [3.05, 3.63) is 71.4 Å². The Morgan fingerprint density at radius 2 is 2.04 bits per heavy atom. The average molecular weight is 381 g/mol. The van der Waals surface area contributed by atoms with Crippen molar-refractivity contribution in [1.29, 1.82) is 0 Å². The molecule has 27 heavy (non-hydrogen) atoms. The first-order valence-electron chi connectivity index (χ1n) is 8.54. The molecule has 0 aliphatic carbocycles. The van der Waals surface area contributed by atoms with Gasteiger partial charge in [-0.1, -0.05) is 36.4 Å². The van der Waals surface area contributed by atoms with E-state index < -0.39 is 0 Å². The van der Waals surface area contributed by atoms with Crippen LogP contribution in [-0.2, 0) is 11.4 Å². The van der Waals surface area contributed by atoms with Gasteiger partial charge < -0.3 is 14.8 Å². The van der Waals surface area contributed by atoms with Crippen LogP contribution in [0, 0.1) is 0 Å². The number of nitrogens with zero attached hydrogens (tertiary/aromatic N) is 1. The number of amides is 1. The molecule has 1 aliphatic heterocycles. The minimum atomic E-state index is -0.0398. The lowest BCUT2D eigenvalue weighted by Gasteiger charge is -2.17. The van der Waals surface area contributed by atoms with Crippen molar-refractivity contribution < 1.29 is 14.3 Å². The summed E-state index contributed by atoms with van der Waals surface area (Å²) in [5.74, 6) is 2.34. The fraction of sp³-hybridized carbons (Fsp3) is 0.200. The highest BCUT2D eigenvalue weighted by Crippen LogP contribution is 2.43. The molecule has 2 aromatic carbocycles. The number of aromatic nitrogens is 2. The van der Waals surface area contributed by atoms with Gasteiger partial charge in [-0.05, 0) is 23.3 Å². The van der Waals surface area contributed by atoms with Gasteiger partial charge in [0, 0.05) is 5.56 Å². The Hall–Kier alpha value is -2.93. The molecule has 4 rings (SSSR count). The molecular weight excluding hydrogens is 362 g/mol. The Morgan fingerprint density at radius 1 is 1.19 bits per heavy atom.